The Kier molecular flexibility index (Phi) is 5.88. The summed E-state index contributed by atoms with van der Waals surface area (Å²) in [5, 5.41) is 20.1. The van der Waals surface area contributed by atoms with Crippen LogP contribution in [0.2, 0.25) is 18.1 Å². The normalized spacial score (nSPS) is 30.1. The largest absolute Gasteiger partial charge is 0.496 e. The van der Waals surface area contributed by atoms with E-state index in [4.69, 9.17) is 18.6 Å². The van der Waals surface area contributed by atoms with Crippen LogP contribution in [0.25, 0.3) is 0 Å². The second kappa shape index (κ2) is 7.66. The fraction of sp³-hybridized carbons (Fsp3) is 0.667. The number of cyclic esters (lactones) is 1. The molecule has 2 aliphatic rings. The molecule has 0 amide bonds. The van der Waals surface area contributed by atoms with E-state index in [1.807, 2.05) is 0 Å². The molecule has 162 valence electrons. The van der Waals surface area contributed by atoms with Crippen LogP contribution in [0.1, 0.15) is 68.0 Å². The van der Waals surface area contributed by atoms with Crippen LogP contribution in [-0.4, -0.2) is 49.9 Å². The number of aliphatic hydroxyl groups is 2. The molecule has 0 radical (unpaired) electrons. The third-order valence-corrected chi connectivity index (χ3v) is 10.8. The van der Waals surface area contributed by atoms with Crippen molar-refractivity contribution in [3.8, 4) is 5.75 Å². The number of carbonyl (C=O) groups excluding carboxylic acids is 1. The minimum Gasteiger partial charge on any atom is -0.496 e. The predicted octanol–water partition coefficient (Wildman–Crippen LogP) is 3.46. The lowest BCUT2D eigenvalue weighted by atomic mass is 9.92. The molecule has 0 aromatic heterocycles. The van der Waals surface area contributed by atoms with Crippen molar-refractivity contribution in [3.63, 3.8) is 0 Å². The lowest BCUT2D eigenvalue weighted by Crippen LogP contribution is -2.44. The average Bonchev–Trinajstić information content (AvgIpc) is 2.92. The standard InChI is InChI=1S/C21H32O7Si/c1-11-17(23)14(22)10-15(26-11)12-8-9-13-16(18(12)25-5)20(27-19(13)24)28-29(6,7)21(2,3)4/h8-9,11,14-15,17,20,22-23H,10H2,1-7H3/t11-,14-,15-,17-,20?/m1/s1. The summed E-state index contributed by atoms with van der Waals surface area (Å²) in [6.07, 6.45) is -3.47. The quantitative estimate of drug-likeness (QED) is 0.565. The summed E-state index contributed by atoms with van der Waals surface area (Å²) in [4.78, 5) is 12.5. The Morgan fingerprint density at radius 2 is 1.86 bits per heavy atom. The molecule has 8 heteroatoms. The van der Waals surface area contributed by atoms with Gasteiger partial charge in [-0.05, 0) is 31.1 Å². The van der Waals surface area contributed by atoms with E-state index in [-0.39, 0.29) is 11.5 Å². The Balaban J connectivity index is 2.01. The van der Waals surface area contributed by atoms with Gasteiger partial charge in [0.15, 0.2) is 8.32 Å². The predicted molar refractivity (Wildman–Crippen MR) is 109 cm³/mol. The van der Waals surface area contributed by atoms with E-state index in [9.17, 15) is 15.0 Å². The lowest BCUT2D eigenvalue weighted by molar-refractivity contribution is -0.163. The first-order chi connectivity index (χ1) is 13.4. The van der Waals surface area contributed by atoms with Gasteiger partial charge in [-0.15, -0.1) is 0 Å². The molecule has 5 atom stereocenters. The molecule has 2 heterocycles. The Morgan fingerprint density at radius 1 is 1.21 bits per heavy atom. The second-order valence-corrected chi connectivity index (χ2v) is 14.1. The molecule has 1 aromatic carbocycles. The molecule has 1 fully saturated rings. The molecule has 2 aliphatic heterocycles. The highest BCUT2D eigenvalue weighted by Crippen LogP contribution is 2.48. The van der Waals surface area contributed by atoms with E-state index in [1.165, 1.54) is 7.11 Å². The van der Waals surface area contributed by atoms with Crippen molar-refractivity contribution >= 4 is 14.3 Å². The van der Waals surface area contributed by atoms with E-state index < -0.39 is 45.0 Å². The van der Waals surface area contributed by atoms with Gasteiger partial charge in [0.1, 0.15) is 11.9 Å². The maximum atomic E-state index is 12.5. The van der Waals surface area contributed by atoms with E-state index in [0.717, 1.165) is 0 Å². The van der Waals surface area contributed by atoms with Gasteiger partial charge in [-0.1, -0.05) is 26.8 Å². The minimum absolute atomic E-state index is 0.0603. The molecule has 0 bridgehead atoms. The van der Waals surface area contributed by atoms with Gasteiger partial charge in [-0.3, -0.25) is 0 Å². The highest BCUT2D eigenvalue weighted by molar-refractivity contribution is 6.74. The van der Waals surface area contributed by atoms with Gasteiger partial charge in [-0.25, -0.2) is 4.79 Å². The molecule has 0 saturated carbocycles. The van der Waals surface area contributed by atoms with Crippen molar-refractivity contribution in [3.05, 3.63) is 28.8 Å². The maximum absolute atomic E-state index is 12.5. The number of hydrogen-bond acceptors (Lipinski definition) is 7. The van der Waals surface area contributed by atoms with Crippen LogP contribution in [0.4, 0.5) is 0 Å². The first-order valence-corrected chi connectivity index (χ1v) is 12.9. The molecule has 0 spiro atoms. The Hall–Kier alpha value is -1.45. The number of rotatable bonds is 4. The minimum atomic E-state index is -2.23. The van der Waals surface area contributed by atoms with Crippen LogP contribution < -0.4 is 4.74 Å². The van der Waals surface area contributed by atoms with E-state index in [2.05, 4.69) is 33.9 Å². The van der Waals surface area contributed by atoms with Crippen LogP contribution in [0.5, 0.6) is 5.75 Å². The highest BCUT2D eigenvalue weighted by Gasteiger charge is 2.46. The number of carbonyl (C=O) groups is 1. The molecule has 29 heavy (non-hydrogen) atoms. The fourth-order valence-electron chi connectivity index (χ4n) is 3.52. The summed E-state index contributed by atoms with van der Waals surface area (Å²) < 4.78 is 23.6. The highest BCUT2D eigenvalue weighted by atomic mass is 28.4. The summed E-state index contributed by atoms with van der Waals surface area (Å²) in [6.45, 7) is 12.3. The van der Waals surface area contributed by atoms with Crippen molar-refractivity contribution in [1.29, 1.82) is 0 Å². The fourth-order valence-corrected chi connectivity index (χ4v) is 4.58. The third kappa shape index (κ3) is 3.96. The SMILES string of the molecule is COc1c([C@H]2C[C@@H](O)[C@H](O)[C@@H](C)O2)ccc2c1C(O[Si](C)(C)C(C)(C)C)OC2=O. The molecule has 3 rings (SSSR count). The molecule has 2 N–H and O–H groups in total. The van der Waals surface area contributed by atoms with Gasteiger partial charge in [-0.2, -0.15) is 0 Å². The summed E-state index contributed by atoms with van der Waals surface area (Å²) >= 11 is 0. The van der Waals surface area contributed by atoms with Gasteiger partial charge in [0.05, 0.1) is 36.5 Å². The van der Waals surface area contributed by atoms with Crippen LogP contribution in [0.15, 0.2) is 12.1 Å². The lowest BCUT2D eigenvalue weighted by Gasteiger charge is -2.38. The van der Waals surface area contributed by atoms with Crippen molar-refractivity contribution in [2.24, 2.45) is 0 Å². The van der Waals surface area contributed by atoms with Gasteiger partial charge in [0.2, 0.25) is 6.29 Å². The van der Waals surface area contributed by atoms with Crippen LogP contribution in [-0.2, 0) is 13.9 Å². The smallest absolute Gasteiger partial charge is 0.341 e. The number of esters is 1. The number of methoxy groups -OCH3 is 1. The number of hydrogen-bond donors (Lipinski definition) is 2. The monoisotopic (exact) mass is 424 g/mol. The van der Waals surface area contributed by atoms with E-state index in [0.29, 0.717) is 22.4 Å². The number of ether oxygens (including phenoxy) is 3. The summed E-state index contributed by atoms with van der Waals surface area (Å²) in [6, 6.07) is 3.45. The van der Waals surface area contributed by atoms with Crippen molar-refractivity contribution in [2.75, 3.05) is 7.11 Å². The molecule has 7 nitrogen and oxygen atoms in total. The zero-order valence-electron chi connectivity index (χ0n) is 18.2. The molecule has 1 aromatic rings. The summed E-state index contributed by atoms with van der Waals surface area (Å²) in [5.74, 6) is 0.0276. The van der Waals surface area contributed by atoms with Gasteiger partial charge >= 0.3 is 5.97 Å². The van der Waals surface area contributed by atoms with E-state index >= 15 is 0 Å². The molecule has 0 aliphatic carbocycles. The molecule has 1 saturated heterocycles. The summed E-state index contributed by atoms with van der Waals surface area (Å²) in [7, 11) is -0.698. The van der Waals surface area contributed by atoms with Crippen LogP contribution >= 0.6 is 0 Å². The average molecular weight is 425 g/mol. The molecular formula is C21H32O7Si. The van der Waals surface area contributed by atoms with Gasteiger partial charge < -0.3 is 28.8 Å². The zero-order valence-corrected chi connectivity index (χ0v) is 19.2. The Bertz CT molecular complexity index is 774. The first-order valence-electron chi connectivity index (χ1n) is 9.98. The zero-order chi connectivity index (χ0) is 21.7. The van der Waals surface area contributed by atoms with E-state index in [1.54, 1.807) is 19.1 Å². The van der Waals surface area contributed by atoms with Crippen molar-refractivity contribution in [2.45, 2.75) is 83.0 Å². The first kappa shape index (κ1) is 22.2. The Labute approximate surface area is 173 Å². The molecular weight excluding hydrogens is 392 g/mol. The number of benzene rings is 1. The third-order valence-electron chi connectivity index (χ3n) is 6.36. The second-order valence-electron chi connectivity index (χ2n) is 9.39. The Morgan fingerprint density at radius 3 is 2.41 bits per heavy atom. The maximum Gasteiger partial charge on any atom is 0.341 e. The van der Waals surface area contributed by atoms with Crippen molar-refractivity contribution < 1.29 is 33.6 Å². The number of aliphatic hydroxyl groups excluding tert-OH is 2. The van der Waals surface area contributed by atoms with Gasteiger partial charge in [0.25, 0.3) is 0 Å². The van der Waals surface area contributed by atoms with Crippen LogP contribution in [0.3, 0.4) is 0 Å². The molecule has 1 unspecified atom stereocenters. The van der Waals surface area contributed by atoms with Crippen LogP contribution in [0, 0.1) is 0 Å². The number of fused-ring (bicyclic) bond motifs is 1. The summed E-state index contributed by atoms with van der Waals surface area (Å²) in [5.41, 5.74) is 1.68. The van der Waals surface area contributed by atoms with Crippen molar-refractivity contribution in [1.82, 2.24) is 0 Å². The topological polar surface area (TPSA) is 94.5 Å². The van der Waals surface area contributed by atoms with Gasteiger partial charge in [0, 0.05) is 12.0 Å².